The third kappa shape index (κ3) is 3.58. The second kappa shape index (κ2) is 8.03. The normalized spacial score (nSPS) is 22.3. The van der Waals surface area contributed by atoms with E-state index in [0.29, 0.717) is 10.6 Å². The summed E-state index contributed by atoms with van der Waals surface area (Å²) in [6.07, 6.45) is 5.02. The quantitative estimate of drug-likeness (QED) is 0.419. The molecule has 1 saturated heterocycles. The molecule has 0 aromatic heterocycles. The lowest BCUT2D eigenvalue weighted by Gasteiger charge is -2.36. The summed E-state index contributed by atoms with van der Waals surface area (Å²) in [5, 5.41) is 11.6. The largest absolute Gasteiger partial charge is 0.507 e. The Morgan fingerprint density at radius 1 is 1.00 bits per heavy atom. The van der Waals surface area contributed by atoms with E-state index in [0.717, 1.165) is 43.2 Å². The Morgan fingerprint density at radius 2 is 1.66 bits per heavy atom. The van der Waals surface area contributed by atoms with Crippen LogP contribution in [-0.2, 0) is 9.59 Å². The molecule has 1 aliphatic heterocycles. The van der Waals surface area contributed by atoms with E-state index in [1.807, 2.05) is 31.2 Å². The highest BCUT2D eigenvalue weighted by atomic mass is 35.5. The second-order valence-corrected chi connectivity index (χ2v) is 8.30. The van der Waals surface area contributed by atoms with Crippen LogP contribution < -0.4 is 0 Å². The van der Waals surface area contributed by atoms with Crippen LogP contribution in [0.15, 0.2) is 54.1 Å². The minimum Gasteiger partial charge on any atom is -0.507 e. The molecular weight excluding hydrogens is 386 g/mol. The van der Waals surface area contributed by atoms with Gasteiger partial charge in [0.15, 0.2) is 0 Å². The molecule has 1 saturated carbocycles. The van der Waals surface area contributed by atoms with Crippen molar-refractivity contribution in [3.8, 4) is 0 Å². The van der Waals surface area contributed by atoms with Gasteiger partial charge in [-0.05, 0) is 55.2 Å². The Bertz CT molecular complexity index is 974. The Morgan fingerprint density at radius 3 is 2.31 bits per heavy atom. The number of benzene rings is 2. The second-order valence-electron chi connectivity index (χ2n) is 7.86. The van der Waals surface area contributed by atoms with Gasteiger partial charge >= 0.3 is 0 Å². The number of aryl methyl sites for hydroxylation is 1. The van der Waals surface area contributed by atoms with Crippen LogP contribution >= 0.6 is 11.6 Å². The van der Waals surface area contributed by atoms with E-state index >= 15 is 0 Å². The lowest BCUT2D eigenvalue weighted by atomic mass is 9.89. The van der Waals surface area contributed by atoms with Crippen LogP contribution in [0, 0.1) is 6.92 Å². The maximum atomic E-state index is 13.1. The van der Waals surface area contributed by atoms with Gasteiger partial charge in [0.1, 0.15) is 5.76 Å². The molecule has 1 heterocycles. The SMILES string of the molecule is Cc1ccccc1C1/C(=C(/O)c2ccc(Cl)cc2)C(=O)C(=O)N1C1CCCCC1. The molecule has 1 atom stereocenters. The fourth-order valence-corrected chi connectivity index (χ4v) is 4.67. The van der Waals surface area contributed by atoms with E-state index in [4.69, 9.17) is 11.6 Å². The maximum absolute atomic E-state index is 13.1. The van der Waals surface area contributed by atoms with Crippen molar-refractivity contribution in [3.63, 3.8) is 0 Å². The van der Waals surface area contributed by atoms with Crippen molar-refractivity contribution in [2.45, 2.75) is 51.1 Å². The van der Waals surface area contributed by atoms with Crippen molar-refractivity contribution < 1.29 is 14.7 Å². The molecule has 1 aliphatic carbocycles. The number of amides is 1. The van der Waals surface area contributed by atoms with Crippen molar-refractivity contribution in [2.24, 2.45) is 0 Å². The first-order chi connectivity index (χ1) is 14.0. The zero-order valence-corrected chi connectivity index (χ0v) is 17.2. The number of aliphatic hydroxyl groups is 1. The third-order valence-corrected chi connectivity index (χ3v) is 6.30. The number of halogens is 1. The number of likely N-dealkylation sites (tertiary alicyclic amines) is 1. The van der Waals surface area contributed by atoms with Gasteiger partial charge in [-0.2, -0.15) is 0 Å². The standard InChI is InChI=1S/C24H24ClNO3/c1-15-7-5-6-10-19(15)21-20(22(27)16-11-13-17(25)14-12-16)23(28)24(29)26(21)18-8-3-2-4-9-18/h5-7,10-14,18,21,27H,2-4,8-9H2,1H3/b22-20-. The predicted molar refractivity (Wildman–Crippen MR) is 114 cm³/mol. The third-order valence-electron chi connectivity index (χ3n) is 6.05. The highest BCUT2D eigenvalue weighted by molar-refractivity contribution is 6.46. The highest BCUT2D eigenvalue weighted by Gasteiger charge is 2.49. The summed E-state index contributed by atoms with van der Waals surface area (Å²) < 4.78 is 0. The monoisotopic (exact) mass is 409 g/mol. The van der Waals surface area contributed by atoms with Gasteiger partial charge in [0.2, 0.25) is 0 Å². The average molecular weight is 410 g/mol. The number of ketones is 1. The zero-order chi connectivity index (χ0) is 20.5. The van der Waals surface area contributed by atoms with Gasteiger partial charge in [-0.1, -0.05) is 55.1 Å². The highest BCUT2D eigenvalue weighted by Crippen LogP contribution is 2.43. The van der Waals surface area contributed by atoms with Crippen molar-refractivity contribution in [1.82, 2.24) is 4.90 Å². The molecule has 5 heteroatoms. The van der Waals surface area contributed by atoms with Gasteiger partial charge in [0, 0.05) is 16.6 Å². The first kappa shape index (κ1) is 19.7. The number of nitrogens with zero attached hydrogens (tertiary/aromatic N) is 1. The molecule has 150 valence electrons. The summed E-state index contributed by atoms with van der Waals surface area (Å²) in [6, 6.07) is 13.9. The van der Waals surface area contributed by atoms with E-state index in [1.165, 1.54) is 0 Å². The number of carbonyl (C=O) groups excluding carboxylic acids is 2. The Hall–Kier alpha value is -2.59. The number of Topliss-reactive ketones (excluding diaryl/α,β-unsaturated/α-hetero) is 1. The number of aliphatic hydroxyl groups excluding tert-OH is 1. The predicted octanol–water partition coefficient (Wildman–Crippen LogP) is 5.40. The Labute approximate surface area is 175 Å². The molecule has 1 unspecified atom stereocenters. The summed E-state index contributed by atoms with van der Waals surface area (Å²) in [5.41, 5.74) is 2.52. The summed E-state index contributed by atoms with van der Waals surface area (Å²) in [5.74, 6) is -1.27. The zero-order valence-electron chi connectivity index (χ0n) is 16.4. The minimum absolute atomic E-state index is 0.0142. The fraction of sp³-hybridized carbons (Fsp3) is 0.333. The summed E-state index contributed by atoms with van der Waals surface area (Å²) in [4.78, 5) is 27.9. The van der Waals surface area contributed by atoms with Gasteiger partial charge in [0.25, 0.3) is 11.7 Å². The smallest absolute Gasteiger partial charge is 0.295 e. The Kier molecular flexibility index (Phi) is 5.46. The molecule has 2 aromatic rings. The van der Waals surface area contributed by atoms with Gasteiger partial charge in [-0.3, -0.25) is 9.59 Å². The van der Waals surface area contributed by atoms with E-state index in [2.05, 4.69) is 0 Å². The lowest BCUT2D eigenvalue weighted by Crippen LogP contribution is -2.40. The molecule has 4 nitrogen and oxygen atoms in total. The molecule has 0 spiro atoms. The summed E-state index contributed by atoms with van der Waals surface area (Å²) in [7, 11) is 0. The molecule has 1 amide bonds. The number of hydrogen-bond acceptors (Lipinski definition) is 3. The molecular formula is C24H24ClNO3. The number of hydrogen-bond donors (Lipinski definition) is 1. The first-order valence-corrected chi connectivity index (χ1v) is 10.5. The van der Waals surface area contributed by atoms with Crippen molar-refractivity contribution in [1.29, 1.82) is 0 Å². The molecule has 0 bridgehead atoms. The molecule has 2 aromatic carbocycles. The summed E-state index contributed by atoms with van der Waals surface area (Å²) in [6.45, 7) is 1.97. The van der Waals surface area contributed by atoms with Crippen molar-refractivity contribution in [2.75, 3.05) is 0 Å². The topological polar surface area (TPSA) is 57.6 Å². The van der Waals surface area contributed by atoms with E-state index in [-0.39, 0.29) is 17.4 Å². The number of rotatable bonds is 3. The molecule has 4 rings (SSSR count). The van der Waals surface area contributed by atoms with Crippen LogP contribution in [0.2, 0.25) is 5.02 Å². The van der Waals surface area contributed by atoms with E-state index in [1.54, 1.807) is 29.2 Å². The maximum Gasteiger partial charge on any atom is 0.295 e. The van der Waals surface area contributed by atoms with E-state index in [9.17, 15) is 14.7 Å². The van der Waals surface area contributed by atoms with Crippen LogP contribution in [0.5, 0.6) is 0 Å². The molecule has 1 N–H and O–H groups in total. The van der Waals surface area contributed by atoms with Gasteiger partial charge < -0.3 is 10.0 Å². The summed E-state index contributed by atoms with van der Waals surface area (Å²) >= 11 is 5.97. The molecule has 29 heavy (non-hydrogen) atoms. The van der Waals surface area contributed by atoms with Crippen LogP contribution in [0.1, 0.15) is 54.8 Å². The lowest BCUT2D eigenvalue weighted by molar-refractivity contribution is -0.141. The van der Waals surface area contributed by atoms with Gasteiger partial charge in [0.05, 0.1) is 11.6 Å². The van der Waals surface area contributed by atoms with E-state index < -0.39 is 17.7 Å². The van der Waals surface area contributed by atoms with Crippen molar-refractivity contribution >= 4 is 29.1 Å². The minimum atomic E-state index is -0.615. The fourth-order valence-electron chi connectivity index (χ4n) is 4.55. The van der Waals surface area contributed by atoms with Crippen LogP contribution in [0.3, 0.4) is 0 Å². The molecule has 2 aliphatic rings. The Balaban J connectivity index is 1.89. The molecule has 0 radical (unpaired) electrons. The number of carbonyl (C=O) groups is 2. The van der Waals surface area contributed by atoms with Crippen LogP contribution in [-0.4, -0.2) is 27.7 Å². The van der Waals surface area contributed by atoms with Crippen LogP contribution in [0.25, 0.3) is 5.76 Å². The van der Waals surface area contributed by atoms with Crippen LogP contribution in [0.4, 0.5) is 0 Å². The molecule has 2 fully saturated rings. The van der Waals surface area contributed by atoms with Gasteiger partial charge in [-0.25, -0.2) is 0 Å². The first-order valence-electron chi connectivity index (χ1n) is 10.1. The van der Waals surface area contributed by atoms with Crippen molar-refractivity contribution in [3.05, 3.63) is 75.8 Å². The average Bonchev–Trinajstić information content (AvgIpc) is 3.00. The van der Waals surface area contributed by atoms with Gasteiger partial charge in [-0.15, -0.1) is 0 Å².